The van der Waals surface area contributed by atoms with Crippen LogP contribution in [0.25, 0.3) is 21.7 Å². The van der Waals surface area contributed by atoms with Gasteiger partial charge in [-0.25, -0.2) is 9.78 Å². The van der Waals surface area contributed by atoms with Crippen LogP contribution in [0, 0.1) is 11.3 Å². The molecule has 1 aromatic carbocycles. The fourth-order valence-electron chi connectivity index (χ4n) is 4.16. The van der Waals surface area contributed by atoms with Gasteiger partial charge in [0.05, 0.1) is 0 Å². The van der Waals surface area contributed by atoms with E-state index in [2.05, 4.69) is 31.1 Å². The normalized spacial score (nSPS) is 17.1. The Balaban J connectivity index is 2.10. The van der Waals surface area contributed by atoms with Crippen LogP contribution in [0.5, 0.6) is 0 Å². The summed E-state index contributed by atoms with van der Waals surface area (Å²) in [6, 6.07) is 7.58. The standard InChI is InChI=1S/C22H24N2O3/c1-12(25)23-20-19-18(14-7-5-6-8-17(14)27-21(19)26)15-11-13(22(2,3)4)9-10-16(15)24-20/h5-8,13H,9-11H2,1-4H3,(H,23,24,25)/t13-/m1/s1. The van der Waals surface area contributed by atoms with E-state index < -0.39 is 5.63 Å². The smallest absolute Gasteiger partial charge is 0.347 e. The molecule has 3 aromatic rings. The van der Waals surface area contributed by atoms with Crippen molar-refractivity contribution in [3.8, 4) is 0 Å². The zero-order valence-electron chi connectivity index (χ0n) is 16.2. The minimum atomic E-state index is -0.458. The van der Waals surface area contributed by atoms with Gasteiger partial charge in [0.25, 0.3) is 0 Å². The molecule has 1 N–H and O–H groups in total. The lowest BCUT2D eigenvalue weighted by atomic mass is 9.71. The molecule has 1 aliphatic carbocycles. The van der Waals surface area contributed by atoms with Crippen molar-refractivity contribution >= 4 is 33.5 Å². The molecule has 0 unspecified atom stereocenters. The van der Waals surface area contributed by atoms with Crippen LogP contribution in [0.3, 0.4) is 0 Å². The zero-order valence-corrected chi connectivity index (χ0v) is 16.2. The molecule has 0 fully saturated rings. The van der Waals surface area contributed by atoms with Gasteiger partial charge in [-0.2, -0.15) is 0 Å². The predicted molar refractivity (Wildman–Crippen MR) is 107 cm³/mol. The van der Waals surface area contributed by atoms with Gasteiger partial charge >= 0.3 is 5.63 Å². The Morgan fingerprint density at radius 1 is 1.22 bits per heavy atom. The molecular weight excluding hydrogens is 340 g/mol. The molecule has 1 amide bonds. The van der Waals surface area contributed by atoms with E-state index in [0.29, 0.717) is 22.7 Å². The first-order chi connectivity index (χ1) is 12.8. The third-order valence-electron chi connectivity index (χ3n) is 5.65. The third kappa shape index (κ3) is 3.01. The van der Waals surface area contributed by atoms with Gasteiger partial charge in [-0.3, -0.25) is 4.79 Å². The predicted octanol–water partition coefficient (Wildman–Crippen LogP) is 4.45. The number of benzene rings is 1. The van der Waals surface area contributed by atoms with Crippen molar-refractivity contribution in [3.63, 3.8) is 0 Å². The topological polar surface area (TPSA) is 72.2 Å². The van der Waals surface area contributed by atoms with Crippen molar-refractivity contribution in [1.82, 2.24) is 4.98 Å². The summed E-state index contributed by atoms with van der Waals surface area (Å²) in [5.74, 6) is 0.567. The van der Waals surface area contributed by atoms with Gasteiger partial charge in [0.15, 0.2) is 0 Å². The number of anilines is 1. The number of carbonyl (C=O) groups is 1. The summed E-state index contributed by atoms with van der Waals surface area (Å²) >= 11 is 0. The summed E-state index contributed by atoms with van der Waals surface area (Å²) in [5.41, 5.74) is 2.38. The van der Waals surface area contributed by atoms with Gasteiger partial charge in [0.2, 0.25) is 5.91 Å². The molecule has 1 aliphatic rings. The average molecular weight is 364 g/mol. The number of hydrogen-bond acceptors (Lipinski definition) is 4. The number of nitrogens with one attached hydrogen (secondary N) is 1. The van der Waals surface area contributed by atoms with Crippen LogP contribution in [0.4, 0.5) is 5.82 Å². The van der Waals surface area contributed by atoms with Crippen LogP contribution in [0.15, 0.2) is 33.5 Å². The highest BCUT2D eigenvalue weighted by Crippen LogP contribution is 2.41. The number of hydrogen-bond donors (Lipinski definition) is 1. The molecule has 5 nitrogen and oxygen atoms in total. The number of aromatic nitrogens is 1. The van der Waals surface area contributed by atoms with Gasteiger partial charge in [0, 0.05) is 23.4 Å². The zero-order chi connectivity index (χ0) is 19.3. The lowest BCUT2D eigenvalue weighted by Gasteiger charge is -2.35. The van der Waals surface area contributed by atoms with Crippen molar-refractivity contribution in [2.45, 2.75) is 47.0 Å². The van der Waals surface area contributed by atoms with E-state index in [9.17, 15) is 9.59 Å². The van der Waals surface area contributed by atoms with Gasteiger partial charge in [-0.05, 0) is 42.2 Å². The molecule has 2 heterocycles. The SMILES string of the molecule is CC(=O)Nc1nc2c(c3c1c(=O)oc1ccccc13)C[C@H](C(C)(C)C)CC2. The van der Waals surface area contributed by atoms with E-state index in [4.69, 9.17) is 4.42 Å². The van der Waals surface area contributed by atoms with Crippen molar-refractivity contribution < 1.29 is 9.21 Å². The van der Waals surface area contributed by atoms with Crippen LogP contribution < -0.4 is 10.9 Å². The molecule has 0 spiro atoms. The number of fused-ring (bicyclic) bond motifs is 5. The fraction of sp³-hybridized carbons (Fsp3) is 0.409. The molecule has 1 atom stereocenters. The first-order valence-corrected chi connectivity index (χ1v) is 9.40. The van der Waals surface area contributed by atoms with Gasteiger partial charge < -0.3 is 9.73 Å². The number of amides is 1. The molecule has 27 heavy (non-hydrogen) atoms. The Labute approximate surface area is 157 Å². The van der Waals surface area contributed by atoms with E-state index in [0.717, 1.165) is 41.3 Å². The first-order valence-electron chi connectivity index (χ1n) is 9.40. The molecule has 0 saturated heterocycles. The quantitative estimate of drug-likeness (QED) is 0.511. The second-order valence-electron chi connectivity index (χ2n) is 8.51. The number of carbonyl (C=O) groups excluding carboxylic acids is 1. The number of rotatable bonds is 1. The van der Waals surface area contributed by atoms with E-state index >= 15 is 0 Å². The van der Waals surface area contributed by atoms with Crippen LogP contribution in [-0.4, -0.2) is 10.9 Å². The molecule has 140 valence electrons. The Kier molecular flexibility index (Phi) is 4.06. The summed E-state index contributed by atoms with van der Waals surface area (Å²) in [6.45, 7) is 8.20. The van der Waals surface area contributed by atoms with E-state index in [-0.39, 0.29) is 11.3 Å². The van der Waals surface area contributed by atoms with Crippen molar-refractivity contribution in [3.05, 3.63) is 45.9 Å². The minimum Gasteiger partial charge on any atom is -0.422 e. The maximum absolute atomic E-state index is 12.8. The molecule has 5 heteroatoms. The summed E-state index contributed by atoms with van der Waals surface area (Å²) in [5, 5.41) is 4.88. The third-order valence-corrected chi connectivity index (χ3v) is 5.65. The average Bonchev–Trinajstić information content (AvgIpc) is 2.59. The highest BCUT2D eigenvalue weighted by atomic mass is 16.4. The Morgan fingerprint density at radius 3 is 2.67 bits per heavy atom. The molecule has 0 saturated carbocycles. The summed E-state index contributed by atoms with van der Waals surface area (Å²) < 4.78 is 5.54. The Bertz CT molecular complexity index is 1120. The molecule has 4 rings (SSSR count). The summed E-state index contributed by atoms with van der Waals surface area (Å²) in [6.07, 6.45) is 2.76. The van der Waals surface area contributed by atoms with Gasteiger partial charge in [-0.15, -0.1) is 0 Å². The van der Waals surface area contributed by atoms with Crippen LogP contribution in [0.1, 0.15) is 45.4 Å². The number of para-hydroxylation sites is 1. The van der Waals surface area contributed by atoms with E-state index in [1.165, 1.54) is 6.92 Å². The summed E-state index contributed by atoms with van der Waals surface area (Å²) in [4.78, 5) is 29.2. The lowest BCUT2D eigenvalue weighted by Crippen LogP contribution is -2.28. The minimum absolute atomic E-state index is 0.176. The Morgan fingerprint density at radius 2 is 1.96 bits per heavy atom. The highest BCUT2D eigenvalue weighted by Gasteiger charge is 2.32. The molecule has 0 aliphatic heterocycles. The number of nitrogens with zero attached hydrogens (tertiary/aromatic N) is 1. The molecule has 0 bridgehead atoms. The van der Waals surface area contributed by atoms with Crippen LogP contribution >= 0.6 is 0 Å². The first kappa shape index (κ1) is 17.7. The Hall–Kier alpha value is -2.69. The maximum Gasteiger partial charge on any atom is 0.347 e. The maximum atomic E-state index is 12.8. The lowest BCUT2D eigenvalue weighted by molar-refractivity contribution is -0.114. The molecular formula is C22H24N2O3. The van der Waals surface area contributed by atoms with Gasteiger partial charge in [0.1, 0.15) is 16.8 Å². The van der Waals surface area contributed by atoms with Crippen LogP contribution in [0.2, 0.25) is 0 Å². The summed E-state index contributed by atoms with van der Waals surface area (Å²) in [7, 11) is 0. The monoisotopic (exact) mass is 364 g/mol. The van der Waals surface area contributed by atoms with Crippen molar-refractivity contribution in [2.75, 3.05) is 5.32 Å². The largest absolute Gasteiger partial charge is 0.422 e. The fourth-order valence-corrected chi connectivity index (χ4v) is 4.16. The van der Waals surface area contributed by atoms with Crippen molar-refractivity contribution in [2.24, 2.45) is 11.3 Å². The van der Waals surface area contributed by atoms with Crippen molar-refractivity contribution in [1.29, 1.82) is 0 Å². The van der Waals surface area contributed by atoms with Crippen LogP contribution in [-0.2, 0) is 17.6 Å². The van der Waals surface area contributed by atoms with E-state index in [1.54, 1.807) is 0 Å². The second-order valence-corrected chi connectivity index (χ2v) is 8.51. The highest BCUT2D eigenvalue weighted by molar-refractivity contribution is 6.11. The molecule has 2 aromatic heterocycles. The van der Waals surface area contributed by atoms with E-state index in [1.807, 2.05) is 24.3 Å². The van der Waals surface area contributed by atoms with Gasteiger partial charge in [-0.1, -0.05) is 39.0 Å². The number of aryl methyl sites for hydroxylation is 1. The second kappa shape index (κ2) is 6.19. The molecule has 0 radical (unpaired) electrons. The number of pyridine rings is 1.